The van der Waals surface area contributed by atoms with Crippen LogP contribution in [0.4, 0.5) is 4.79 Å². The van der Waals surface area contributed by atoms with Crippen LogP contribution in [-0.2, 0) is 30.9 Å². The molecule has 1 saturated heterocycles. The Morgan fingerprint density at radius 1 is 1.31 bits per heavy atom. The van der Waals surface area contributed by atoms with Crippen molar-refractivity contribution in [3.8, 4) is 0 Å². The minimum absolute atomic E-state index is 0.0307. The highest BCUT2D eigenvalue weighted by atomic mass is 32.2. The third kappa shape index (κ3) is 7.87. The van der Waals surface area contributed by atoms with Gasteiger partial charge in [0, 0.05) is 31.3 Å². The number of pyridine rings is 1. The van der Waals surface area contributed by atoms with Crippen molar-refractivity contribution >= 4 is 28.0 Å². The molecule has 12 nitrogen and oxygen atoms in total. The molecule has 4 atom stereocenters. The van der Waals surface area contributed by atoms with Crippen molar-refractivity contribution in [3.05, 3.63) is 30.1 Å². The van der Waals surface area contributed by atoms with Crippen LogP contribution in [0.25, 0.3) is 0 Å². The highest BCUT2D eigenvalue weighted by Gasteiger charge is 2.47. The normalized spacial score (nSPS) is 21.2. The number of hydrogen-bond acceptors (Lipinski definition) is 8. The van der Waals surface area contributed by atoms with Crippen LogP contribution in [0.3, 0.4) is 0 Å². The summed E-state index contributed by atoms with van der Waals surface area (Å²) < 4.78 is 38.2. The van der Waals surface area contributed by atoms with Crippen molar-refractivity contribution < 1.29 is 37.2 Å². The van der Waals surface area contributed by atoms with Crippen molar-refractivity contribution in [1.29, 1.82) is 0 Å². The fourth-order valence-electron chi connectivity index (χ4n) is 4.31. The summed E-state index contributed by atoms with van der Waals surface area (Å²) in [5.41, 5.74) is -2.10. The first kappa shape index (κ1) is 27.8. The lowest BCUT2D eigenvalue weighted by Crippen LogP contribution is -2.55. The fraction of sp³-hybridized carbons (Fsp3) is 0.652. The number of carbonyl (C=O) groups is 3. The van der Waals surface area contributed by atoms with Gasteiger partial charge in [0.2, 0.25) is 17.3 Å². The minimum Gasteiger partial charge on any atom is -0.443 e. The number of amides is 3. The highest BCUT2D eigenvalue weighted by molar-refractivity contribution is 7.86. The van der Waals surface area contributed by atoms with Crippen LogP contribution >= 0.6 is 0 Å². The number of hydrogen-bond donors (Lipinski definition) is 5. The van der Waals surface area contributed by atoms with Gasteiger partial charge in [0.15, 0.2) is 0 Å². The van der Waals surface area contributed by atoms with E-state index in [0.29, 0.717) is 32.2 Å². The van der Waals surface area contributed by atoms with Gasteiger partial charge in [-0.15, -0.1) is 0 Å². The third-order valence-electron chi connectivity index (χ3n) is 6.36. The second-order valence-electron chi connectivity index (χ2n) is 9.97. The lowest BCUT2D eigenvalue weighted by Gasteiger charge is -2.28. The number of ether oxygens (including phenoxy) is 1. The molecule has 200 valence electrons. The van der Waals surface area contributed by atoms with E-state index in [0.717, 1.165) is 5.56 Å². The first-order valence-electron chi connectivity index (χ1n) is 12.0. The molecule has 13 heteroatoms. The maximum atomic E-state index is 13.1. The fourth-order valence-corrected chi connectivity index (χ4v) is 4.91. The monoisotopic (exact) mass is 526 g/mol. The molecule has 2 heterocycles. The van der Waals surface area contributed by atoms with Crippen molar-refractivity contribution in [3.63, 3.8) is 0 Å². The zero-order valence-corrected chi connectivity index (χ0v) is 21.2. The quantitative estimate of drug-likeness (QED) is 0.242. The molecule has 36 heavy (non-hydrogen) atoms. The number of aliphatic hydroxyl groups is 1. The molecule has 3 unspecified atom stereocenters. The van der Waals surface area contributed by atoms with E-state index < -0.39 is 51.2 Å². The Hall–Kier alpha value is -2.77. The SMILES string of the molecule is CC(C)CC(NC(=O)OC1(Cc2cccnc2)CC1)C(=O)NC(C[C@@H]1CCNC1=O)C(O)S(=O)(=O)O. The van der Waals surface area contributed by atoms with Crippen molar-refractivity contribution in [2.24, 2.45) is 11.8 Å². The van der Waals surface area contributed by atoms with Crippen LogP contribution in [0, 0.1) is 11.8 Å². The molecule has 1 aliphatic heterocycles. The molecule has 5 N–H and O–H groups in total. The van der Waals surface area contributed by atoms with Gasteiger partial charge in [-0.3, -0.25) is 19.1 Å². The van der Waals surface area contributed by atoms with E-state index >= 15 is 0 Å². The van der Waals surface area contributed by atoms with Crippen LogP contribution in [0.5, 0.6) is 0 Å². The summed E-state index contributed by atoms with van der Waals surface area (Å²) in [7, 11) is -4.93. The number of alkyl carbamates (subject to hydrolysis) is 1. The molecule has 1 saturated carbocycles. The molecule has 0 spiro atoms. The Labute approximate surface area is 210 Å². The predicted molar refractivity (Wildman–Crippen MR) is 128 cm³/mol. The molecule has 1 aliphatic carbocycles. The van der Waals surface area contributed by atoms with Crippen LogP contribution in [-0.4, -0.2) is 70.6 Å². The number of nitrogens with one attached hydrogen (secondary N) is 3. The van der Waals surface area contributed by atoms with E-state index in [-0.39, 0.29) is 24.7 Å². The summed E-state index contributed by atoms with van der Waals surface area (Å²) in [6.45, 7) is 4.06. The standard InChI is InChI=1S/C23H34N4O8S/c1-14(2)10-17(27-22(31)35-23(6-7-23)12-15-4-3-8-24-13-15)20(29)26-18(21(30)36(32,33)34)11-16-5-9-25-19(16)28/h3-4,8,13-14,16-18,21,30H,5-7,9-12H2,1-2H3,(H,25,28)(H,26,29)(H,27,31)(H,32,33,34)/t16-,17?,18?,21?/m0/s1. The molecule has 1 aromatic rings. The van der Waals surface area contributed by atoms with Gasteiger partial charge in [-0.05, 0) is 49.7 Å². The first-order valence-corrected chi connectivity index (χ1v) is 13.5. The van der Waals surface area contributed by atoms with E-state index in [1.165, 1.54) is 0 Å². The lowest BCUT2D eigenvalue weighted by atomic mass is 9.97. The Balaban J connectivity index is 1.67. The molecule has 0 aromatic carbocycles. The number of nitrogens with zero attached hydrogens (tertiary/aromatic N) is 1. The van der Waals surface area contributed by atoms with Gasteiger partial charge < -0.3 is 25.8 Å². The molecule has 3 amide bonds. The summed E-state index contributed by atoms with van der Waals surface area (Å²) in [5, 5.41) is 17.8. The largest absolute Gasteiger partial charge is 0.443 e. The summed E-state index contributed by atoms with van der Waals surface area (Å²) in [5.74, 6) is -1.77. The van der Waals surface area contributed by atoms with Gasteiger partial charge in [0.1, 0.15) is 11.6 Å². The van der Waals surface area contributed by atoms with E-state index in [9.17, 15) is 32.5 Å². The first-order chi connectivity index (χ1) is 16.9. The molecular weight excluding hydrogens is 492 g/mol. The number of rotatable bonds is 12. The smallest absolute Gasteiger partial charge is 0.408 e. The third-order valence-corrected chi connectivity index (χ3v) is 7.30. The van der Waals surface area contributed by atoms with Crippen molar-refractivity contribution in [2.75, 3.05) is 6.54 Å². The van der Waals surface area contributed by atoms with Crippen molar-refractivity contribution in [2.45, 2.75) is 75.5 Å². The van der Waals surface area contributed by atoms with Crippen LogP contribution in [0.15, 0.2) is 24.5 Å². The van der Waals surface area contributed by atoms with Gasteiger partial charge in [-0.25, -0.2) is 4.79 Å². The van der Waals surface area contributed by atoms with E-state index in [2.05, 4.69) is 20.9 Å². The molecule has 0 bridgehead atoms. The maximum absolute atomic E-state index is 13.1. The number of aliphatic hydroxyl groups excluding tert-OH is 1. The van der Waals surface area contributed by atoms with Gasteiger partial charge in [-0.1, -0.05) is 19.9 Å². The summed E-state index contributed by atoms with van der Waals surface area (Å²) in [4.78, 5) is 41.9. The maximum Gasteiger partial charge on any atom is 0.408 e. The summed E-state index contributed by atoms with van der Waals surface area (Å²) in [6, 6.07) is 1.12. The Morgan fingerprint density at radius 2 is 2.03 bits per heavy atom. The summed E-state index contributed by atoms with van der Waals surface area (Å²) in [6.07, 6.45) is 4.77. The van der Waals surface area contributed by atoms with E-state index in [4.69, 9.17) is 4.74 Å². The van der Waals surface area contributed by atoms with E-state index in [1.807, 2.05) is 19.9 Å². The van der Waals surface area contributed by atoms with Crippen LogP contribution in [0.2, 0.25) is 0 Å². The van der Waals surface area contributed by atoms with E-state index in [1.54, 1.807) is 18.5 Å². The van der Waals surface area contributed by atoms with Crippen LogP contribution in [0.1, 0.15) is 51.5 Å². The topological polar surface area (TPSA) is 184 Å². The lowest BCUT2D eigenvalue weighted by molar-refractivity contribution is -0.126. The molecule has 0 radical (unpaired) electrons. The van der Waals surface area contributed by atoms with Gasteiger partial charge in [0.05, 0.1) is 6.04 Å². The minimum atomic E-state index is -4.93. The molecular formula is C23H34N4O8S. The highest BCUT2D eigenvalue weighted by Crippen LogP contribution is 2.42. The van der Waals surface area contributed by atoms with Gasteiger partial charge in [0.25, 0.3) is 10.1 Å². The van der Waals surface area contributed by atoms with Crippen molar-refractivity contribution in [1.82, 2.24) is 20.9 Å². The zero-order valence-electron chi connectivity index (χ0n) is 20.3. The average molecular weight is 527 g/mol. The van der Waals surface area contributed by atoms with Crippen LogP contribution < -0.4 is 16.0 Å². The molecule has 2 aliphatic rings. The zero-order chi connectivity index (χ0) is 26.5. The molecule has 2 fully saturated rings. The Morgan fingerprint density at radius 3 is 2.56 bits per heavy atom. The number of carbonyl (C=O) groups excluding carboxylic acids is 3. The Kier molecular flexibility index (Phi) is 8.90. The average Bonchev–Trinajstić information content (AvgIpc) is 3.41. The van der Waals surface area contributed by atoms with Gasteiger partial charge in [-0.2, -0.15) is 8.42 Å². The van der Waals surface area contributed by atoms with Gasteiger partial charge >= 0.3 is 6.09 Å². The second kappa shape index (κ2) is 11.5. The number of aromatic nitrogens is 1. The predicted octanol–water partition coefficient (Wildman–Crippen LogP) is 0.515. The summed E-state index contributed by atoms with van der Waals surface area (Å²) >= 11 is 0. The second-order valence-corrected chi connectivity index (χ2v) is 11.5. The Bertz CT molecular complexity index is 1050. The molecule has 1 aromatic heterocycles. The molecule has 3 rings (SSSR count).